The molecule has 0 unspecified atom stereocenters. The van der Waals surface area contributed by atoms with Crippen molar-refractivity contribution < 1.29 is 22.8 Å². The number of alkyl halides is 3. The van der Waals surface area contributed by atoms with Gasteiger partial charge in [0.05, 0.1) is 12.6 Å². The average Bonchev–Trinajstić information content (AvgIpc) is 2.42. The Bertz CT molecular complexity index is 477. The molecule has 5 nitrogen and oxygen atoms in total. The van der Waals surface area contributed by atoms with E-state index in [2.05, 4.69) is 5.32 Å². The second-order valence-corrected chi connectivity index (χ2v) is 4.41. The van der Waals surface area contributed by atoms with E-state index in [0.29, 0.717) is 0 Å². The van der Waals surface area contributed by atoms with E-state index in [4.69, 9.17) is 5.73 Å². The van der Waals surface area contributed by atoms with Gasteiger partial charge in [-0.1, -0.05) is 30.3 Å². The summed E-state index contributed by atoms with van der Waals surface area (Å²) < 4.78 is 35.6. The molecular weight excluding hydrogens is 287 g/mol. The second kappa shape index (κ2) is 7.63. The summed E-state index contributed by atoms with van der Waals surface area (Å²) in [5, 5.41) is 3.84. The Kier molecular flexibility index (Phi) is 6.16. The predicted octanol–water partition coefficient (Wildman–Crippen LogP) is 0.351. The van der Waals surface area contributed by atoms with Gasteiger partial charge in [-0.3, -0.25) is 9.59 Å². The minimum Gasteiger partial charge on any atom is -0.346 e. The summed E-state index contributed by atoms with van der Waals surface area (Å²) in [7, 11) is 0. The molecule has 0 aliphatic carbocycles. The number of nitrogens with one attached hydrogen (secondary N) is 2. The summed E-state index contributed by atoms with van der Waals surface area (Å²) in [5.41, 5.74) is 6.50. The fourth-order valence-corrected chi connectivity index (χ4v) is 1.52. The minimum atomic E-state index is -4.48. The molecule has 1 aromatic carbocycles. The van der Waals surface area contributed by atoms with Crippen LogP contribution in [0.2, 0.25) is 0 Å². The zero-order valence-corrected chi connectivity index (χ0v) is 11.1. The van der Waals surface area contributed by atoms with Gasteiger partial charge in [0.15, 0.2) is 0 Å². The molecule has 2 amide bonds. The third kappa shape index (κ3) is 7.31. The zero-order valence-electron chi connectivity index (χ0n) is 11.1. The van der Waals surface area contributed by atoms with Crippen LogP contribution in [0.15, 0.2) is 30.3 Å². The molecule has 0 fully saturated rings. The number of hydrogen-bond donors (Lipinski definition) is 3. The van der Waals surface area contributed by atoms with E-state index in [1.165, 1.54) is 0 Å². The SMILES string of the molecule is N[C@@H](Cc1ccccc1)C(=O)NCC(=O)NCC(F)(F)F. The van der Waals surface area contributed by atoms with Crippen LogP contribution in [-0.2, 0) is 16.0 Å². The lowest BCUT2D eigenvalue weighted by Gasteiger charge is -2.13. The summed E-state index contributed by atoms with van der Waals surface area (Å²) in [6.07, 6.45) is -4.21. The first-order chi connectivity index (χ1) is 9.78. The summed E-state index contributed by atoms with van der Waals surface area (Å²) >= 11 is 0. The van der Waals surface area contributed by atoms with Gasteiger partial charge < -0.3 is 16.4 Å². The van der Waals surface area contributed by atoms with Crippen LogP contribution < -0.4 is 16.4 Å². The molecule has 1 atom stereocenters. The molecule has 1 aromatic rings. The second-order valence-electron chi connectivity index (χ2n) is 4.41. The molecule has 21 heavy (non-hydrogen) atoms. The van der Waals surface area contributed by atoms with Gasteiger partial charge in [0.2, 0.25) is 11.8 Å². The number of nitrogens with two attached hydrogens (primary N) is 1. The fraction of sp³-hybridized carbons (Fsp3) is 0.385. The van der Waals surface area contributed by atoms with E-state index in [-0.39, 0.29) is 6.42 Å². The Hall–Kier alpha value is -2.09. The summed E-state index contributed by atoms with van der Waals surface area (Å²) in [5.74, 6) is -1.52. The first-order valence-corrected chi connectivity index (χ1v) is 6.18. The lowest BCUT2D eigenvalue weighted by atomic mass is 10.1. The van der Waals surface area contributed by atoms with Gasteiger partial charge in [-0.25, -0.2) is 0 Å². The fourth-order valence-electron chi connectivity index (χ4n) is 1.52. The van der Waals surface area contributed by atoms with Crippen LogP contribution in [0.4, 0.5) is 13.2 Å². The van der Waals surface area contributed by atoms with E-state index in [1.54, 1.807) is 29.6 Å². The minimum absolute atomic E-state index is 0.275. The van der Waals surface area contributed by atoms with Gasteiger partial charge in [0.25, 0.3) is 0 Å². The molecule has 0 aromatic heterocycles. The van der Waals surface area contributed by atoms with E-state index >= 15 is 0 Å². The molecule has 4 N–H and O–H groups in total. The van der Waals surface area contributed by atoms with Crippen molar-refractivity contribution in [3.05, 3.63) is 35.9 Å². The molecule has 0 heterocycles. The Morgan fingerprint density at radius 1 is 1.14 bits per heavy atom. The van der Waals surface area contributed by atoms with Gasteiger partial charge in [0.1, 0.15) is 6.54 Å². The Morgan fingerprint density at radius 2 is 1.76 bits per heavy atom. The van der Waals surface area contributed by atoms with Crippen molar-refractivity contribution in [1.82, 2.24) is 10.6 Å². The molecule has 1 rings (SSSR count). The smallest absolute Gasteiger partial charge is 0.346 e. The topological polar surface area (TPSA) is 84.2 Å². The van der Waals surface area contributed by atoms with Crippen molar-refractivity contribution in [3.8, 4) is 0 Å². The molecule has 116 valence electrons. The number of amides is 2. The maximum Gasteiger partial charge on any atom is 0.405 e. The highest BCUT2D eigenvalue weighted by atomic mass is 19.4. The number of carbonyl (C=O) groups is 2. The maximum atomic E-state index is 11.9. The average molecular weight is 303 g/mol. The Morgan fingerprint density at radius 3 is 2.33 bits per heavy atom. The maximum absolute atomic E-state index is 11.9. The molecule has 0 saturated carbocycles. The van der Waals surface area contributed by atoms with Crippen LogP contribution in [0, 0.1) is 0 Å². The number of benzene rings is 1. The van der Waals surface area contributed by atoms with Gasteiger partial charge in [-0.05, 0) is 12.0 Å². The first-order valence-electron chi connectivity index (χ1n) is 6.18. The number of hydrogen-bond acceptors (Lipinski definition) is 3. The van der Waals surface area contributed by atoms with E-state index < -0.39 is 37.1 Å². The number of carbonyl (C=O) groups excluding carboxylic acids is 2. The standard InChI is InChI=1S/C13H16F3N3O2/c14-13(15,16)8-19-11(20)7-18-12(21)10(17)6-9-4-2-1-3-5-9/h1-5,10H,6-8,17H2,(H,18,21)(H,19,20)/t10-/m0/s1. The van der Waals surface area contributed by atoms with Crippen LogP contribution in [0.1, 0.15) is 5.56 Å². The molecule has 0 aliphatic rings. The van der Waals surface area contributed by atoms with Gasteiger partial charge in [-0.15, -0.1) is 0 Å². The Labute approximate surface area is 119 Å². The molecular formula is C13H16F3N3O2. The number of rotatable bonds is 6. The lowest BCUT2D eigenvalue weighted by Crippen LogP contribution is -2.46. The third-order valence-corrected chi connectivity index (χ3v) is 2.54. The van der Waals surface area contributed by atoms with Crippen molar-refractivity contribution >= 4 is 11.8 Å². The first kappa shape index (κ1) is 17.0. The highest BCUT2D eigenvalue weighted by molar-refractivity contribution is 5.87. The molecule has 0 spiro atoms. The predicted molar refractivity (Wildman–Crippen MR) is 70.2 cm³/mol. The highest BCUT2D eigenvalue weighted by Gasteiger charge is 2.27. The highest BCUT2D eigenvalue weighted by Crippen LogP contribution is 2.11. The third-order valence-electron chi connectivity index (χ3n) is 2.54. The lowest BCUT2D eigenvalue weighted by molar-refractivity contribution is -0.138. The molecule has 0 bridgehead atoms. The molecule has 0 aliphatic heterocycles. The zero-order chi connectivity index (χ0) is 15.9. The van der Waals surface area contributed by atoms with Crippen LogP contribution >= 0.6 is 0 Å². The van der Waals surface area contributed by atoms with Crippen molar-refractivity contribution in [2.45, 2.75) is 18.6 Å². The summed E-state index contributed by atoms with van der Waals surface area (Å²) in [6, 6.07) is 8.13. The van der Waals surface area contributed by atoms with Gasteiger partial charge in [-0.2, -0.15) is 13.2 Å². The van der Waals surface area contributed by atoms with E-state index in [0.717, 1.165) is 5.56 Å². The van der Waals surface area contributed by atoms with Crippen molar-refractivity contribution in [2.24, 2.45) is 5.73 Å². The molecule has 0 radical (unpaired) electrons. The summed E-state index contributed by atoms with van der Waals surface area (Å²) in [6.45, 7) is -1.98. The Balaban J connectivity index is 2.31. The monoisotopic (exact) mass is 303 g/mol. The van der Waals surface area contributed by atoms with Crippen LogP contribution in [0.25, 0.3) is 0 Å². The summed E-state index contributed by atoms with van der Waals surface area (Å²) in [4.78, 5) is 22.7. The van der Waals surface area contributed by atoms with E-state index in [1.807, 2.05) is 6.07 Å². The van der Waals surface area contributed by atoms with Crippen LogP contribution in [0.3, 0.4) is 0 Å². The van der Waals surface area contributed by atoms with Crippen molar-refractivity contribution in [3.63, 3.8) is 0 Å². The number of halogens is 3. The molecule has 8 heteroatoms. The quantitative estimate of drug-likeness (QED) is 0.709. The van der Waals surface area contributed by atoms with Crippen molar-refractivity contribution in [2.75, 3.05) is 13.1 Å². The largest absolute Gasteiger partial charge is 0.405 e. The van der Waals surface area contributed by atoms with Crippen LogP contribution in [-0.4, -0.2) is 37.1 Å². The van der Waals surface area contributed by atoms with Gasteiger partial charge in [0, 0.05) is 0 Å². The van der Waals surface area contributed by atoms with Crippen molar-refractivity contribution in [1.29, 1.82) is 0 Å². The normalized spacial score (nSPS) is 12.6. The molecule has 0 saturated heterocycles. The van der Waals surface area contributed by atoms with E-state index in [9.17, 15) is 22.8 Å². The van der Waals surface area contributed by atoms with Gasteiger partial charge >= 0.3 is 6.18 Å². The van der Waals surface area contributed by atoms with Crippen LogP contribution in [0.5, 0.6) is 0 Å².